The van der Waals surface area contributed by atoms with Gasteiger partial charge in [0, 0.05) is 12.0 Å². The lowest BCUT2D eigenvalue weighted by atomic mass is 10.00. The number of hydrogen-bond donors (Lipinski definition) is 3. The Kier molecular flexibility index (Phi) is 8.27. The number of ether oxygens (including phenoxy) is 1. The Bertz CT molecular complexity index is 947. The lowest BCUT2D eigenvalue weighted by Crippen LogP contribution is -2.50. The molecule has 2 amide bonds. The van der Waals surface area contributed by atoms with Crippen LogP contribution in [-0.4, -0.2) is 39.8 Å². The molecule has 0 heterocycles. The van der Waals surface area contributed by atoms with E-state index in [-0.39, 0.29) is 36.4 Å². The van der Waals surface area contributed by atoms with Gasteiger partial charge < -0.3 is 21.3 Å². The van der Waals surface area contributed by atoms with Gasteiger partial charge in [-0.05, 0) is 24.5 Å². The molecule has 0 saturated heterocycles. The molecular weight excluding hydrogens is 402 g/mol. The molecule has 0 aliphatic carbocycles. The van der Waals surface area contributed by atoms with Gasteiger partial charge in [-0.1, -0.05) is 54.6 Å². The minimum absolute atomic E-state index is 0.112. The normalized spacial score (nSPS) is 12.5. The second-order valence-electron chi connectivity index (χ2n) is 6.89. The van der Waals surface area contributed by atoms with Gasteiger partial charge in [-0.15, -0.1) is 0 Å². The molecule has 9 nitrogen and oxygen atoms in total. The molecule has 5 N–H and O–H groups in total. The number of aliphatic carboxylic acids is 1. The Balaban J connectivity index is 2.40. The van der Waals surface area contributed by atoms with E-state index in [4.69, 9.17) is 16.2 Å². The molecule has 0 saturated carbocycles. The van der Waals surface area contributed by atoms with E-state index in [2.05, 4.69) is 0 Å². The number of nitrogens with two attached hydrogens (primary N) is 2. The number of carboxylic acids is 1. The van der Waals surface area contributed by atoms with Crippen molar-refractivity contribution in [2.24, 2.45) is 11.5 Å². The monoisotopic (exact) mass is 427 g/mol. The topological polar surface area (TPSA) is 153 Å². The second kappa shape index (κ2) is 10.9. The van der Waals surface area contributed by atoms with Crippen LogP contribution in [0.15, 0.2) is 54.6 Å². The highest BCUT2D eigenvalue weighted by atomic mass is 16.6. The maximum atomic E-state index is 13.0. The summed E-state index contributed by atoms with van der Waals surface area (Å²) in [6, 6.07) is 13.6. The van der Waals surface area contributed by atoms with Crippen LogP contribution in [0.5, 0.6) is 0 Å². The van der Waals surface area contributed by atoms with Gasteiger partial charge in [-0.3, -0.25) is 14.5 Å². The number of carboxylic acid groups (broad SMARTS) is 1. The highest BCUT2D eigenvalue weighted by Gasteiger charge is 2.36. The summed E-state index contributed by atoms with van der Waals surface area (Å²) in [6.07, 6.45) is -2.84. The molecule has 2 unspecified atom stereocenters. The van der Waals surface area contributed by atoms with Gasteiger partial charge in [0.2, 0.25) is 5.91 Å². The maximum absolute atomic E-state index is 13.0. The van der Waals surface area contributed by atoms with E-state index in [0.29, 0.717) is 5.56 Å². The minimum atomic E-state index is -1.49. The summed E-state index contributed by atoms with van der Waals surface area (Å²) in [7, 11) is 0. The first-order chi connectivity index (χ1) is 14.7. The second-order valence-corrected chi connectivity index (χ2v) is 6.89. The van der Waals surface area contributed by atoms with Gasteiger partial charge in [-0.2, -0.15) is 0 Å². The molecule has 0 aliphatic rings. The van der Waals surface area contributed by atoms with E-state index in [0.717, 1.165) is 4.90 Å². The summed E-state index contributed by atoms with van der Waals surface area (Å²) in [5.41, 5.74) is 12.6. The number of Topliss-reactive ketones (excluding diaryl/α,β-unsaturated/α-hetero) is 1. The molecule has 2 atom stereocenters. The molecule has 9 heteroatoms. The van der Waals surface area contributed by atoms with Crippen molar-refractivity contribution in [1.29, 1.82) is 0 Å². The van der Waals surface area contributed by atoms with Crippen molar-refractivity contribution < 1.29 is 29.0 Å². The summed E-state index contributed by atoms with van der Waals surface area (Å²) >= 11 is 0. The van der Waals surface area contributed by atoms with Crippen LogP contribution in [0.3, 0.4) is 0 Å². The van der Waals surface area contributed by atoms with Crippen LogP contribution in [0.1, 0.15) is 47.4 Å². The van der Waals surface area contributed by atoms with Crippen LogP contribution in [0.25, 0.3) is 0 Å². The Hall–Kier alpha value is -3.72. The van der Waals surface area contributed by atoms with Crippen LogP contribution in [0, 0.1) is 0 Å². The number of rotatable bonds is 10. The van der Waals surface area contributed by atoms with Gasteiger partial charge in [0.05, 0.1) is 0 Å². The molecule has 0 bridgehead atoms. The first-order valence-corrected chi connectivity index (χ1v) is 9.58. The van der Waals surface area contributed by atoms with Crippen molar-refractivity contribution in [2.75, 3.05) is 0 Å². The number of carbonyl (C=O) groups excluding carboxylic acids is 3. The largest absolute Gasteiger partial charge is 0.480 e. The lowest BCUT2D eigenvalue weighted by Gasteiger charge is -2.34. The summed E-state index contributed by atoms with van der Waals surface area (Å²) in [5, 5.41) is 9.74. The van der Waals surface area contributed by atoms with Crippen LogP contribution in [-0.2, 0) is 20.9 Å². The number of primary amides is 1. The predicted molar refractivity (Wildman–Crippen MR) is 112 cm³/mol. The maximum Gasteiger partial charge on any atom is 0.412 e. The van der Waals surface area contributed by atoms with E-state index in [1.165, 1.54) is 19.1 Å². The van der Waals surface area contributed by atoms with Crippen molar-refractivity contribution in [3.8, 4) is 0 Å². The molecule has 0 aromatic heterocycles. The molecule has 2 aromatic carbocycles. The Morgan fingerprint density at radius 1 is 1.03 bits per heavy atom. The van der Waals surface area contributed by atoms with Gasteiger partial charge >= 0.3 is 12.1 Å². The molecule has 0 spiro atoms. The quantitative estimate of drug-likeness (QED) is 0.388. The standard InChI is InChI=1S/C22H25N3O6/c1-14(26)16-9-5-6-10-17(16)20(24)25(18(21(28)29)11-12-19(23)27)22(30)31-13-15-7-3-2-4-8-15/h2-10,18,20H,11-13,24H2,1H3,(H2,23,27)(H,28,29). The number of ketones is 1. The van der Waals surface area contributed by atoms with Gasteiger partial charge in [0.15, 0.2) is 5.78 Å². The first-order valence-electron chi connectivity index (χ1n) is 9.58. The Morgan fingerprint density at radius 3 is 2.23 bits per heavy atom. The van der Waals surface area contributed by atoms with E-state index in [1.807, 2.05) is 0 Å². The molecular formula is C22H25N3O6. The van der Waals surface area contributed by atoms with Crippen molar-refractivity contribution in [3.63, 3.8) is 0 Å². The zero-order valence-electron chi connectivity index (χ0n) is 17.1. The Labute approximate surface area is 179 Å². The minimum Gasteiger partial charge on any atom is -0.480 e. The Morgan fingerprint density at radius 2 is 1.65 bits per heavy atom. The zero-order chi connectivity index (χ0) is 23.0. The molecule has 2 aromatic rings. The fourth-order valence-electron chi connectivity index (χ4n) is 3.11. The van der Waals surface area contributed by atoms with Crippen molar-refractivity contribution in [3.05, 3.63) is 71.3 Å². The van der Waals surface area contributed by atoms with Gasteiger partial charge in [-0.25, -0.2) is 9.59 Å². The molecule has 0 aliphatic heterocycles. The van der Waals surface area contributed by atoms with Gasteiger partial charge in [0.25, 0.3) is 0 Å². The van der Waals surface area contributed by atoms with Crippen LogP contribution in [0.2, 0.25) is 0 Å². The van der Waals surface area contributed by atoms with E-state index >= 15 is 0 Å². The van der Waals surface area contributed by atoms with Crippen molar-refractivity contribution in [1.82, 2.24) is 4.90 Å². The summed E-state index contributed by atoms with van der Waals surface area (Å²) in [6.45, 7) is 1.23. The van der Waals surface area contributed by atoms with E-state index in [1.54, 1.807) is 42.5 Å². The third kappa shape index (κ3) is 6.38. The lowest BCUT2D eigenvalue weighted by molar-refractivity contribution is -0.144. The number of carbonyl (C=O) groups is 4. The average Bonchev–Trinajstić information content (AvgIpc) is 2.74. The predicted octanol–water partition coefficient (Wildman–Crippen LogP) is 2.20. The fourth-order valence-corrected chi connectivity index (χ4v) is 3.11. The molecule has 31 heavy (non-hydrogen) atoms. The number of amides is 2. The van der Waals surface area contributed by atoms with Crippen LogP contribution < -0.4 is 11.5 Å². The summed E-state index contributed by atoms with van der Waals surface area (Å²) < 4.78 is 5.31. The zero-order valence-corrected chi connectivity index (χ0v) is 17.1. The highest BCUT2D eigenvalue weighted by Crippen LogP contribution is 2.25. The van der Waals surface area contributed by atoms with Crippen molar-refractivity contribution in [2.45, 2.75) is 38.6 Å². The molecule has 164 valence electrons. The number of benzene rings is 2. The third-order valence-electron chi connectivity index (χ3n) is 4.66. The number of hydrogen-bond acceptors (Lipinski definition) is 6. The smallest absolute Gasteiger partial charge is 0.412 e. The SMILES string of the molecule is CC(=O)c1ccccc1C(N)N(C(=O)OCc1ccccc1)C(CCC(N)=O)C(=O)O. The highest BCUT2D eigenvalue weighted by molar-refractivity contribution is 5.96. The summed E-state index contributed by atoms with van der Waals surface area (Å²) in [5.74, 6) is -2.40. The average molecular weight is 427 g/mol. The summed E-state index contributed by atoms with van der Waals surface area (Å²) in [4.78, 5) is 49.0. The molecule has 0 fully saturated rings. The fraction of sp³-hybridized carbons (Fsp3) is 0.273. The number of nitrogens with zero attached hydrogens (tertiary/aromatic N) is 1. The van der Waals surface area contributed by atoms with Crippen molar-refractivity contribution >= 4 is 23.8 Å². The van der Waals surface area contributed by atoms with Gasteiger partial charge in [0.1, 0.15) is 18.8 Å². The van der Waals surface area contributed by atoms with E-state index < -0.39 is 30.2 Å². The third-order valence-corrected chi connectivity index (χ3v) is 4.66. The molecule has 2 rings (SSSR count). The van der Waals surface area contributed by atoms with Crippen LogP contribution >= 0.6 is 0 Å². The molecule has 0 radical (unpaired) electrons. The van der Waals surface area contributed by atoms with Crippen LogP contribution in [0.4, 0.5) is 4.79 Å². The van der Waals surface area contributed by atoms with E-state index in [9.17, 15) is 24.3 Å². The first kappa shape index (κ1) is 23.6.